The molecule has 1 fully saturated rings. The molecule has 1 saturated carbocycles. The summed E-state index contributed by atoms with van der Waals surface area (Å²) < 4.78 is 4.98. The number of halogens is 1. The fourth-order valence-corrected chi connectivity index (χ4v) is 2.40. The van der Waals surface area contributed by atoms with E-state index in [9.17, 15) is 9.90 Å². The summed E-state index contributed by atoms with van der Waals surface area (Å²) in [5.74, 6) is 0.0710. The van der Waals surface area contributed by atoms with Crippen LogP contribution in [0.5, 0.6) is 5.75 Å². The van der Waals surface area contributed by atoms with E-state index in [4.69, 9.17) is 16.0 Å². The van der Waals surface area contributed by atoms with E-state index in [1.807, 2.05) is 6.07 Å². The van der Waals surface area contributed by atoms with E-state index in [-0.39, 0.29) is 22.9 Å². The molecule has 0 aliphatic heterocycles. The third-order valence-corrected chi connectivity index (χ3v) is 3.65. The van der Waals surface area contributed by atoms with E-state index in [1.165, 1.54) is 6.26 Å². The molecule has 0 bridgehead atoms. The zero-order valence-electron chi connectivity index (χ0n) is 10.8. The summed E-state index contributed by atoms with van der Waals surface area (Å²) in [5, 5.41) is 9.63. The first-order valence-electron chi connectivity index (χ1n) is 6.47. The standard InChI is InChI=1S/C15H14ClNO3/c16-14-13(6-7-20-14)15(19)17(11-4-5-11)9-10-2-1-3-12(18)8-10/h1-3,6-8,11,18H,4-5,9H2. The number of aromatic hydroxyl groups is 1. The van der Waals surface area contributed by atoms with Crippen LogP contribution >= 0.6 is 11.6 Å². The van der Waals surface area contributed by atoms with Gasteiger partial charge in [0.05, 0.1) is 11.8 Å². The number of phenolic OH excluding ortho intramolecular Hbond substituents is 1. The molecule has 5 heteroatoms. The largest absolute Gasteiger partial charge is 0.508 e. The van der Waals surface area contributed by atoms with Gasteiger partial charge in [-0.3, -0.25) is 4.79 Å². The van der Waals surface area contributed by atoms with Gasteiger partial charge in [-0.15, -0.1) is 0 Å². The normalized spacial score (nSPS) is 14.2. The van der Waals surface area contributed by atoms with Gasteiger partial charge in [-0.05, 0) is 48.2 Å². The highest BCUT2D eigenvalue weighted by atomic mass is 35.5. The number of rotatable bonds is 4. The van der Waals surface area contributed by atoms with Gasteiger partial charge >= 0.3 is 0 Å². The Morgan fingerprint density at radius 3 is 2.80 bits per heavy atom. The number of hydrogen-bond acceptors (Lipinski definition) is 3. The number of phenols is 1. The average Bonchev–Trinajstić information content (AvgIpc) is 3.17. The van der Waals surface area contributed by atoms with Gasteiger partial charge in [0.15, 0.2) is 0 Å². The number of nitrogens with zero attached hydrogens (tertiary/aromatic N) is 1. The third-order valence-electron chi connectivity index (χ3n) is 3.36. The summed E-state index contributed by atoms with van der Waals surface area (Å²) in [6, 6.07) is 8.77. The monoisotopic (exact) mass is 291 g/mol. The van der Waals surface area contributed by atoms with E-state index >= 15 is 0 Å². The minimum atomic E-state index is -0.130. The quantitative estimate of drug-likeness (QED) is 0.939. The zero-order chi connectivity index (χ0) is 14.1. The van der Waals surface area contributed by atoms with Gasteiger partial charge in [0.1, 0.15) is 5.75 Å². The second-order valence-corrected chi connectivity index (χ2v) is 5.29. The Bertz CT molecular complexity index is 634. The first kappa shape index (κ1) is 13.1. The SMILES string of the molecule is O=C(c1ccoc1Cl)N(Cc1cccc(O)c1)C1CC1. The van der Waals surface area contributed by atoms with E-state index in [0.717, 1.165) is 18.4 Å². The number of carbonyl (C=O) groups is 1. The summed E-state index contributed by atoms with van der Waals surface area (Å²) in [6.07, 6.45) is 3.41. The maximum absolute atomic E-state index is 12.5. The number of carbonyl (C=O) groups excluding carboxylic acids is 1. The van der Waals surface area contributed by atoms with Crippen molar-refractivity contribution in [3.8, 4) is 5.75 Å². The van der Waals surface area contributed by atoms with Crippen molar-refractivity contribution in [2.45, 2.75) is 25.4 Å². The summed E-state index contributed by atoms with van der Waals surface area (Å²) in [4.78, 5) is 14.3. The number of hydrogen-bond donors (Lipinski definition) is 1. The Hall–Kier alpha value is -1.94. The highest BCUT2D eigenvalue weighted by molar-refractivity contribution is 6.32. The molecule has 2 aromatic rings. The van der Waals surface area contributed by atoms with Gasteiger partial charge < -0.3 is 14.4 Å². The molecular formula is C15H14ClNO3. The summed E-state index contributed by atoms with van der Waals surface area (Å²) >= 11 is 5.88. The first-order valence-corrected chi connectivity index (χ1v) is 6.85. The van der Waals surface area contributed by atoms with Gasteiger partial charge in [-0.1, -0.05) is 12.1 Å². The Kier molecular flexibility index (Phi) is 3.40. The number of furan rings is 1. The summed E-state index contributed by atoms with van der Waals surface area (Å²) in [5.41, 5.74) is 1.28. The molecule has 1 amide bonds. The number of benzene rings is 1. The van der Waals surface area contributed by atoms with Crippen molar-refractivity contribution in [3.05, 3.63) is 52.9 Å². The van der Waals surface area contributed by atoms with Crippen molar-refractivity contribution in [3.63, 3.8) is 0 Å². The van der Waals surface area contributed by atoms with Crippen LogP contribution in [-0.4, -0.2) is 22.0 Å². The van der Waals surface area contributed by atoms with Crippen molar-refractivity contribution in [2.24, 2.45) is 0 Å². The lowest BCUT2D eigenvalue weighted by atomic mass is 10.2. The molecule has 20 heavy (non-hydrogen) atoms. The van der Waals surface area contributed by atoms with Gasteiger partial charge in [0.25, 0.3) is 5.91 Å². The average molecular weight is 292 g/mol. The van der Waals surface area contributed by atoms with Gasteiger partial charge in [0, 0.05) is 12.6 Å². The van der Waals surface area contributed by atoms with Crippen LogP contribution < -0.4 is 0 Å². The fourth-order valence-electron chi connectivity index (χ4n) is 2.21. The molecule has 0 atom stereocenters. The lowest BCUT2D eigenvalue weighted by Crippen LogP contribution is -2.32. The Labute approximate surface area is 121 Å². The molecule has 0 spiro atoms. The van der Waals surface area contributed by atoms with E-state index < -0.39 is 0 Å². The van der Waals surface area contributed by atoms with Gasteiger partial charge in [-0.2, -0.15) is 0 Å². The van der Waals surface area contributed by atoms with Gasteiger partial charge in [0.2, 0.25) is 5.22 Å². The second-order valence-electron chi connectivity index (χ2n) is 4.94. The van der Waals surface area contributed by atoms with Crippen molar-refractivity contribution in [1.82, 2.24) is 4.90 Å². The van der Waals surface area contributed by atoms with Crippen LogP contribution in [0.1, 0.15) is 28.8 Å². The molecule has 0 saturated heterocycles. The van der Waals surface area contributed by atoms with Gasteiger partial charge in [-0.25, -0.2) is 0 Å². The molecule has 0 radical (unpaired) electrons. The van der Waals surface area contributed by atoms with Crippen molar-refractivity contribution >= 4 is 17.5 Å². The molecule has 1 N–H and O–H groups in total. The molecule has 3 rings (SSSR count). The van der Waals surface area contributed by atoms with Crippen LogP contribution in [0, 0.1) is 0 Å². The van der Waals surface area contributed by atoms with Crippen molar-refractivity contribution in [1.29, 1.82) is 0 Å². The molecule has 104 valence electrons. The molecule has 1 aromatic heterocycles. The van der Waals surface area contributed by atoms with Crippen LogP contribution in [0.15, 0.2) is 41.0 Å². The predicted octanol–water partition coefficient (Wildman–Crippen LogP) is 3.44. The highest BCUT2D eigenvalue weighted by Gasteiger charge is 2.34. The summed E-state index contributed by atoms with van der Waals surface area (Å²) in [6.45, 7) is 0.458. The first-order chi connectivity index (χ1) is 9.65. The summed E-state index contributed by atoms with van der Waals surface area (Å²) in [7, 11) is 0. The van der Waals surface area contributed by atoms with E-state index in [1.54, 1.807) is 29.2 Å². The van der Waals surface area contributed by atoms with Crippen LogP contribution in [-0.2, 0) is 6.54 Å². The topological polar surface area (TPSA) is 53.7 Å². The lowest BCUT2D eigenvalue weighted by molar-refractivity contribution is 0.0729. The third kappa shape index (κ3) is 2.65. The minimum Gasteiger partial charge on any atom is -0.508 e. The molecule has 1 heterocycles. The van der Waals surface area contributed by atoms with Crippen LogP contribution in [0.4, 0.5) is 0 Å². The second kappa shape index (κ2) is 5.21. The molecule has 1 aromatic carbocycles. The molecule has 1 aliphatic carbocycles. The molecule has 0 unspecified atom stereocenters. The Morgan fingerprint density at radius 1 is 1.40 bits per heavy atom. The van der Waals surface area contributed by atoms with E-state index in [0.29, 0.717) is 12.1 Å². The highest BCUT2D eigenvalue weighted by Crippen LogP contribution is 2.31. The molecular weight excluding hydrogens is 278 g/mol. The van der Waals surface area contributed by atoms with Crippen LogP contribution in [0.3, 0.4) is 0 Å². The van der Waals surface area contributed by atoms with E-state index in [2.05, 4.69) is 0 Å². The fraction of sp³-hybridized carbons (Fsp3) is 0.267. The Morgan fingerprint density at radius 2 is 2.20 bits per heavy atom. The maximum atomic E-state index is 12.5. The maximum Gasteiger partial charge on any atom is 0.259 e. The zero-order valence-corrected chi connectivity index (χ0v) is 11.5. The van der Waals surface area contributed by atoms with Crippen LogP contribution in [0.2, 0.25) is 5.22 Å². The smallest absolute Gasteiger partial charge is 0.259 e. The van der Waals surface area contributed by atoms with Crippen molar-refractivity contribution in [2.75, 3.05) is 0 Å². The Balaban J connectivity index is 1.83. The van der Waals surface area contributed by atoms with Crippen molar-refractivity contribution < 1.29 is 14.3 Å². The molecule has 4 nitrogen and oxygen atoms in total. The van der Waals surface area contributed by atoms with Crippen LogP contribution in [0.25, 0.3) is 0 Å². The lowest BCUT2D eigenvalue weighted by Gasteiger charge is -2.22. The number of amides is 1. The predicted molar refractivity (Wildman–Crippen MR) is 74.7 cm³/mol. The minimum absolute atomic E-state index is 0.122. The molecule has 1 aliphatic rings.